The first-order chi connectivity index (χ1) is 10.1. The number of hydrogen-bond donors (Lipinski definition) is 1. The quantitative estimate of drug-likeness (QED) is 0.747. The van der Waals surface area contributed by atoms with Gasteiger partial charge in [-0.25, -0.2) is 0 Å². The summed E-state index contributed by atoms with van der Waals surface area (Å²) in [5.41, 5.74) is 1.08. The Morgan fingerprint density at radius 1 is 1.33 bits per heavy atom. The van der Waals surface area contributed by atoms with E-state index < -0.39 is 0 Å². The van der Waals surface area contributed by atoms with E-state index in [1.807, 2.05) is 32.0 Å². The molecular formula is C16H23NO4. The van der Waals surface area contributed by atoms with Crippen molar-refractivity contribution in [1.82, 2.24) is 5.32 Å². The van der Waals surface area contributed by atoms with Crippen LogP contribution in [-0.2, 0) is 16.0 Å². The van der Waals surface area contributed by atoms with E-state index in [2.05, 4.69) is 5.32 Å². The second kappa shape index (κ2) is 7.88. The third-order valence-electron chi connectivity index (χ3n) is 3.17. The van der Waals surface area contributed by atoms with Gasteiger partial charge in [-0.05, 0) is 44.4 Å². The first-order valence-corrected chi connectivity index (χ1v) is 7.42. The lowest BCUT2D eigenvalue weighted by Gasteiger charge is -2.08. The molecular weight excluding hydrogens is 270 g/mol. The molecule has 1 amide bonds. The molecule has 21 heavy (non-hydrogen) atoms. The molecule has 0 radical (unpaired) electrons. The molecule has 1 aliphatic rings. The molecule has 1 heterocycles. The lowest BCUT2D eigenvalue weighted by Crippen LogP contribution is -2.25. The predicted octanol–water partition coefficient (Wildman–Crippen LogP) is 2.28. The summed E-state index contributed by atoms with van der Waals surface area (Å²) in [6.45, 7) is 5.62. The number of carbonyl (C=O) groups excluding carboxylic acids is 1. The molecule has 1 N–H and O–H groups in total. The van der Waals surface area contributed by atoms with Crippen molar-refractivity contribution in [2.24, 2.45) is 0 Å². The number of carbonyl (C=O) groups is 1. The summed E-state index contributed by atoms with van der Waals surface area (Å²) in [4.78, 5) is 11.7. The lowest BCUT2D eigenvalue weighted by molar-refractivity contribution is -0.121. The minimum absolute atomic E-state index is 0.0669. The molecule has 2 rings (SSSR count). The zero-order valence-electron chi connectivity index (χ0n) is 12.7. The highest BCUT2D eigenvalue weighted by molar-refractivity contribution is 5.76. The van der Waals surface area contributed by atoms with Crippen molar-refractivity contribution in [3.8, 4) is 11.5 Å². The maximum Gasteiger partial charge on any atom is 0.231 e. The van der Waals surface area contributed by atoms with Crippen LogP contribution >= 0.6 is 0 Å². The zero-order valence-corrected chi connectivity index (χ0v) is 12.7. The SMILES string of the molecule is CC(C)OCCCNC(=O)CCc1ccc2c(c1)OCO2. The molecule has 1 aromatic carbocycles. The van der Waals surface area contributed by atoms with Gasteiger partial charge in [-0.2, -0.15) is 0 Å². The number of benzene rings is 1. The number of rotatable bonds is 8. The van der Waals surface area contributed by atoms with Gasteiger partial charge in [-0.3, -0.25) is 4.79 Å². The monoisotopic (exact) mass is 293 g/mol. The third kappa shape index (κ3) is 5.27. The van der Waals surface area contributed by atoms with Crippen LogP contribution in [0.5, 0.6) is 11.5 Å². The minimum atomic E-state index is 0.0669. The van der Waals surface area contributed by atoms with Crippen LogP contribution in [0.3, 0.4) is 0 Å². The molecule has 116 valence electrons. The second-order valence-corrected chi connectivity index (χ2v) is 5.31. The van der Waals surface area contributed by atoms with Crippen molar-refractivity contribution in [2.75, 3.05) is 19.9 Å². The van der Waals surface area contributed by atoms with Crippen LogP contribution in [0.1, 0.15) is 32.3 Å². The first kappa shape index (κ1) is 15.6. The maximum absolute atomic E-state index is 11.7. The predicted molar refractivity (Wildman–Crippen MR) is 79.6 cm³/mol. The maximum atomic E-state index is 11.7. The Labute approximate surface area is 125 Å². The van der Waals surface area contributed by atoms with E-state index in [4.69, 9.17) is 14.2 Å². The number of ether oxygens (including phenoxy) is 3. The molecule has 0 spiro atoms. The van der Waals surface area contributed by atoms with Crippen molar-refractivity contribution in [2.45, 2.75) is 39.2 Å². The van der Waals surface area contributed by atoms with Gasteiger partial charge in [0, 0.05) is 19.6 Å². The fourth-order valence-electron chi connectivity index (χ4n) is 2.06. The Hall–Kier alpha value is -1.75. The Bertz CT molecular complexity index is 473. The highest BCUT2D eigenvalue weighted by Gasteiger charge is 2.13. The normalized spacial score (nSPS) is 12.7. The van der Waals surface area contributed by atoms with Gasteiger partial charge >= 0.3 is 0 Å². The summed E-state index contributed by atoms with van der Waals surface area (Å²) in [5, 5.41) is 2.90. The molecule has 0 saturated carbocycles. The van der Waals surface area contributed by atoms with Gasteiger partial charge in [-0.1, -0.05) is 6.07 Å². The molecule has 5 heteroatoms. The van der Waals surface area contributed by atoms with E-state index in [1.54, 1.807) is 0 Å². The van der Waals surface area contributed by atoms with E-state index in [0.29, 0.717) is 26.0 Å². The molecule has 5 nitrogen and oxygen atoms in total. The fourth-order valence-corrected chi connectivity index (χ4v) is 2.06. The Kier molecular flexibility index (Phi) is 5.87. The standard InChI is InChI=1S/C16H23NO4/c1-12(2)19-9-3-8-17-16(18)7-5-13-4-6-14-15(10-13)21-11-20-14/h4,6,10,12H,3,5,7-9,11H2,1-2H3,(H,17,18). The van der Waals surface area contributed by atoms with Crippen LogP contribution in [0.25, 0.3) is 0 Å². The summed E-state index contributed by atoms with van der Waals surface area (Å²) >= 11 is 0. The van der Waals surface area contributed by atoms with Crippen molar-refractivity contribution in [1.29, 1.82) is 0 Å². The number of hydrogen-bond acceptors (Lipinski definition) is 4. The summed E-state index contributed by atoms with van der Waals surface area (Å²) in [6.07, 6.45) is 2.26. The van der Waals surface area contributed by atoms with Crippen LogP contribution < -0.4 is 14.8 Å². The van der Waals surface area contributed by atoms with Crippen LogP contribution in [-0.4, -0.2) is 32.0 Å². The number of amides is 1. The van der Waals surface area contributed by atoms with Gasteiger partial charge in [0.2, 0.25) is 12.7 Å². The summed E-state index contributed by atoms with van der Waals surface area (Å²) in [6, 6.07) is 5.79. The lowest BCUT2D eigenvalue weighted by atomic mass is 10.1. The van der Waals surface area contributed by atoms with Crippen molar-refractivity contribution < 1.29 is 19.0 Å². The van der Waals surface area contributed by atoms with Crippen LogP contribution in [0.2, 0.25) is 0 Å². The molecule has 0 saturated heterocycles. The van der Waals surface area contributed by atoms with E-state index >= 15 is 0 Å². The summed E-state index contributed by atoms with van der Waals surface area (Å²) in [5.74, 6) is 1.60. The molecule has 0 bridgehead atoms. The Morgan fingerprint density at radius 3 is 2.95 bits per heavy atom. The van der Waals surface area contributed by atoms with E-state index in [-0.39, 0.29) is 18.8 Å². The third-order valence-corrected chi connectivity index (χ3v) is 3.17. The number of fused-ring (bicyclic) bond motifs is 1. The van der Waals surface area contributed by atoms with Gasteiger partial charge in [0.1, 0.15) is 0 Å². The molecule has 1 aliphatic heterocycles. The summed E-state index contributed by atoms with van der Waals surface area (Å²) < 4.78 is 16.0. The van der Waals surface area contributed by atoms with Gasteiger partial charge in [0.15, 0.2) is 11.5 Å². The smallest absolute Gasteiger partial charge is 0.231 e. The number of aryl methyl sites for hydroxylation is 1. The Morgan fingerprint density at radius 2 is 2.14 bits per heavy atom. The zero-order chi connectivity index (χ0) is 15.1. The molecule has 0 fully saturated rings. The number of nitrogens with one attached hydrogen (secondary N) is 1. The summed E-state index contributed by atoms with van der Waals surface area (Å²) in [7, 11) is 0. The minimum Gasteiger partial charge on any atom is -0.454 e. The molecule has 0 aliphatic carbocycles. The van der Waals surface area contributed by atoms with Crippen molar-refractivity contribution >= 4 is 5.91 Å². The fraction of sp³-hybridized carbons (Fsp3) is 0.562. The van der Waals surface area contributed by atoms with E-state index in [1.165, 1.54) is 0 Å². The Balaban J connectivity index is 1.62. The highest BCUT2D eigenvalue weighted by atomic mass is 16.7. The van der Waals surface area contributed by atoms with Crippen molar-refractivity contribution in [3.63, 3.8) is 0 Å². The average Bonchev–Trinajstić information content (AvgIpc) is 2.92. The van der Waals surface area contributed by atoms with Gasteiger partial charge in [0.25, 0.3) is 0 Å². The van der Waals surface area contributed by atoms with Gasteiger partial charge < -0.3 is 19.5 Å². The van der Waals surface area contributed by atoms with E-state index in [9.17, 15) is 4.79 Å². The molecule has 0 aromatic heterocycles. The molecule has 0 unspecified atom stereocenters. The van der Waals surface area contributed by atoms with E-state index in [0.717, 1.165) is 23.5 Å². The average molecular weight is 293 g/mol. The highest BCUT2D eigenvalue weighted by Crippen LogP contribution is 2.32. The largest absolute Gasteiger partial charge is 0.454 e. The molecule has 1 aromatic rings. The first-order valence-electron chi connectivity index (χ1n) is 7.42. The second-order valence-electron chi connectivity index (χ2n) is 5.31. The van der Waals surface area contributed by atoms with Crippen molar-refractivity contribution in [3.05, 3.63) is 23.8 Å². The van der Waals surface area contributed by atoms with Crippen LogP contribution in [0, 0.1) is 0 Å². The van der Waals surface area contributed by atoms with Crippen LogP contribution in [0.4, 0.5) is 0 Å². The van der Waals surface area contributed by atoms with Crippen LogP contribution in [0.15, 0.2) is 18.2 Å². The van der Waals surface area contributed by atoms with Gasteiger partial charge in [0.05, 0.1) is 6.10 Å². The van der Waals surface area contributed by atoms with Gasteiger partial charge in [-0.15, -0.1) is 0 Å². The topological polar surface area (TPSA) is 56.8 Å². The molecule has 0 atom stereocenters.